The zero-order chi connectivity index (χ0) is 15.2. The van der Waals surface area contributed by atoms with Crippen LogP contribution in [0.25, 0.3) is 0 Å². The standard InChI is InChI=1S/C18H28O2S/c1-3-4-5-6-7-15-12-17(15)18(19)13-21(20)16-10-8-14(2)9-11-16/h8-11,15,17-19H,3-7,12-13H2,1-2H3/t15-,17+,18-,21-/m0/s1. The minimum absolute atomic E-state index is 0.388. The van der Waals surface area contributed by atoms with Gasteiger partial charge in [0.25, 0.3) is 0 Å². The average Bonchev–Trinajstić information content (AvgIpc) is 3.24. The van der Waals surface area contributed by atoms with Gasteiger partial charge in [-0.25, -0.2) is 0 Å². The first kappa shape index (κ1) is 16.7. The highest BCUT2D eigenvalue weighted by molar-refractivity contribution is 7.85. The molecule has 2 nitrogen and oxygen atoms in total. The van der Waals surface area contributed by atoms with Crippen LogP contribution in [-0.2, 0) is 10.8 Å². The number of unbranched alkanes of at least 4 members (excludes halogenated alkanes) is 3. The van der Waals surface area contributed by atoms with Gasteiger partial charge in [0.2, 0.25) is 0 Å². The van der Waals surface area contributed by atoms with E-state index in [2.05, 4.69) is 6.92 Å². The van der Waals surface area contributed by atoms with Gasteiger partial charge >= 0.3 is 0 Å². The predicted octanol–water partition coefficient (Wildman–Crippen LogP) is 4.07. The fourth-order valence-corrected chi connectivity index (χ4v) is 4.16. The first-order valence-corrected chi connectivity index (χ1v) is 9.56. The van der Waals surface area contributed by atoms with E-state index in [1.165, 1.54) is 37.7 Å². The molecule has 0 saturated heterocycles. The Morgan fingerprint density at radius 3 is 2.62 bits per heavy atom. The van der Waals surface area contributed by atoms with Gasteiger partial charge < -0.3 is 5.11 Å². The quantitative estimate of drug-likeness (QED) is 0.698. The summed E-state index contributed by atoms with van der Waals surface area (Å²) < 4.78 is 12.3. The van der Waals surface area contributed by atoms with Gasteiger partial charge in [-0.2, -0.15) is 0 Å². The number of rotatable bonds is 9. The molecule has 1 aliphatic rings. The Morgan fingerprint density at radius 1 is 1.24 bits per heavy atom. The second-order valence-electron chi connectivity index (χ2n) is 6.40. The topological polar surface area (TPSA) is 37.3 Å². The first-order chi connectivity index (χ1) is 10.1. The smallest absolute Gasteiger partial charge is 0.0689 e. The summed E-state index contributed by atoms with van der Waals surface area (Å²) in [6.45, 7) is 4.25. The summed E-state index contributed by atoms with van der Waals surface area (Å²) in [6.07, 6.45) is 7.14. The van der Waals surface area contributed by atoms with Crippen LogP contribution in [0.2, 0.25) is 0 Å². The number of hydrogen-bond donors (Lipinski definition) is 1. The Kier molecular flexibility index (Phi) is 6.43. The molecule has 0 unspecified atom stereocenters. The number of aliphatic hydroxyl groups is 1. The molecule has 1 N–H and O–H groups in total. The van der Waals surface area contributed by atoms with Gasteiger partial charge in [0.15, 0.2) is 0 Å². The van der Waals surface area contributed by atoms with E-state index in [0.717, 1.165) is 11.3 Å². The van der Waals surface area contributed by atoms with Crippen LogP contribution in [-0.4, -0.2) is 21.2 Å². The Balaban J connectivity index is 1.71. The molecule has 2 rings (SSSR count). The third-order valence-electron chi connectivity index (χ3n) is 4.51. The van der Waals surface area contributed by atoms with Crippen LogP contribution in [0, 0.1) is 18.8 Å². The molecular weight excluding hydrogens is 280 g/mol. The van der Waals surface area contributed by atoms with Gasteiger partial charge in [0.05, 0.1) is 22.7 Å². The highest BCUT2D eigenvalue weighted by Gasteiger charge is 2.41. The van der Waals surface area contributed by atoms with Crippen LogP contribution in [0.15, 0.2) is 29.2 Å². The Labute approximate surface area is 131 Å². The Morgan fingerprint density at radius 2 is 1.95 bits per heavy atom. The van der Waals surface area contributed by atoms with E-state index in [4.69, 9.17) is 0 Å². The Hall–Kier alpha value is -0.670. The summed E-state index contributed by atoms with van der Waals surface area (Å²) in [5.74, 6) is 1.45. The highest BCUT2D eigenvalue weighted by Crippen LogP contribution is 2.45. The van der Waals surface area contributed by atoms with Crippen molar-refractivity contribution < 1.29 is 9.32 Å². The van der Waals surface area contributed by atoms with Crippen LogP contribution in [0.5, 0.6) is 0 Å². The second kappa shape index (κ2) is 8.09. The van der Waals surface area contributed by atoms with Crippen molar-refractivity contribution in [1.82, 2.24) is 0 Å². The molecular formula is C18H28O2S. The molecule has 3 heteroatoms. The summed E-state index contributed by atoms with van der Waals surface area (Å²) >= 11 is 0. The maximum Gasteiger partial charge on any atom is 0.0689 e. The van der Waals surface area contributed by atoms with Crippen molar-refractivity contribution in [2.45, 2.75) is 63.4 Å². The lowest BCUT2D eigenvalue weighted by molar-refractivity contribution is 0.167. The molecule has 0 amide bonds. The maximum absolute atomic E-state index is 12.3. The minimum Gasteiger partial charge on any atom is -0.392 e. The van der Waals surface area contributed by atoms with E-state index in [9.17, 15) is 9.32 Å². The maximum atomic E-state index is 12.3. The van der Waals surface area contributed by atoms with E-state index >= 15 is 0 Å². The van der Waals surface area contributed by atoms with Gasteiger partial charge in [-0.1, -0.05) is 56.7 Å². The van der Waals surface area contributed by atoms with E-state index < -0.39 is 16.9 Å². The average molecular weight is 308 g/mol. The van der Waals surface area contributed by atoms with Crippen molar-refractivity contribution in [2.75, 3.05) is 5.75 Å². The van der Waals surface area contributed by atoms with Crippen molar-refractivity contribution >= 4 is 10.8 Å². The van der Waals surface area contributed by atoms with Crippen LogP contribution >= 0.6 is 0 Å². The number of hydrogen-bond acceptors (Lipinski definition) is 2. The molecule has 0 aliphatic heterocycles. The van der Waals surface area contributed by atoms with E-state index in [-0.39, 0.29) is 0 Å². The molecule has 4 atom stereocenters. The SMILES string of the molecule is CCCCCC[C@H]1C[C@H]1[C@@H](O)C[S@](=O)c1ccc(C)cc1. The number of aliphatic hydroxyl groups excluding tert-OH is 1. The van der Waals surface area contributed by atoms with Gasteiger partial charge in [-0.15, -0.1) is 0 Å². The van der Waals surface area contributed by atoms with Crippen LogP contribution in [0.1, 0.15) is 51.0 Å². The zero-order valence-electron chi connectivity index (χ0n) is 13.3. The Bertz CT molecular complexity index is 455. The fraction of sp³-hybridized carbons (Fsp3) is 0.667. The van der Waals surface area contributed by atoms with Crippen molar-refractivity contribution in [1.29, 1.82) is 0 Å². The van der Waals surface area contributed by atoms with Gasteiger partial charge in [-0.05, 0) is 37.3 Å². The molecule has 118 valence electrons. The van der Waals surface area contributed by atoms with Gasteiger partial charge in [0, 0.05) is 4.90 Å². The van der Waals surface area contributed by atoms with Crippen LogP contribution in [0.4, 0.5) is 0 Å². The van der Waals surface area contributed by atoms with Crippen molar-refractivity contribution in [3.8, 4) is 0 Å². The predicted molar refractivity (Wildman–Crippen MR) is 88.8 cm³/mol. The molecule has 0 aromatic heterocycles. The minimum atomic E-state index is -1.08. The summed E-state index contributed by atoms with van der Waals surface area (Å²) in [5, 5.41) is 10.3. The molecule has 1 aromatic rings. The lowest BCUT2D eigenvalue weighted by Gasteiger charge is -2.10. The molecule has 0 heterocycles. The summed E-state index contributed by atoms with van der Waals surface area (Å²) in [4.78, 5) is 0.833. The third-order valence-corrected chi connectivity index (χ3v) is 5.95. The lowest BCUT2D eigenvalue weighted by Crippen LogP contribution is -2.20. The zero-order valence-corrected chi connectivity index (χ0v) is 14.1. The van der Waals surface area contributed by atoms with Crippen molar-refractivity contribution in [2.24, 2.45) is 11.8 Å². The first-order valence-electron chi connectivity index (χ1n) is 8.25. The normalized spacial score (nSPS) is 23.8. The lowest BCUT2D eigenvalue weighted by atomic mass is 10.1. The monoisotopic (exact) mass is 308 g/mol. The van der Waals surface area contributed by atoms with Crippen LogP contribution < -0.4 is 0 Å². The third kappa shape index (κ3) is 5.23. The summed E-state index contributed by atoms with van der Waals surface area (Å²) in [6, 6.07) is 7.78. The van der Waals surface area contributed by atoms with Crippen LogP contribution in [0.3, 0.4) is 0 Å². The molecule has 1 fully saturated rings. The molecule has 0 spiro atoms. The summed E-state index contributed by atoms with van der Waals surface area (Å²) in [5.41, 5.74) is 1.17. The van der Waals surface area contributed by atoms with E-state index in [1.54, 1.807) is 0 Å². The molecule has 0 bridgehead atoms. The largest absolute Gasteiger partial charge is 0.392 e. The molecule has 1 aromatic carbocycles. The van der Waals surface area contributed by atoms with E-state index in [0.29, 0.717) is 17.6 Å². The van der Waals surface area contributed by atoms with Crippen molar-refractivity contribution in [3.63, 3.8) is 0 Å². The molecule has 1 aliphatic carbocycles. The number of aryl methyl sites for hydroxylation is 1. The summed E-state index contributed by atoms with van der Waals surface area (Å²) in [7, 11) is -1.08. The second-order valence-corrected chi connectivity index (χ2v) is 7.90. The van der Waals surface area contributed by atoms with Crippen molar-refractivity contribution in [3.05, 3.63) is 29.8 Å². The van der Waals surface area contributed by atoms with Gasteiger partial charge in [0.1, 0.15) is 0 Å². The molecule has 21 heavy (non-hydrogen) atoms. The molecule has 1 saturated carbocycles. The molecule has 0 radical (unpaired) electrons. The van der Waals surface area contributed by atoms with E-state index in [1.807, 2.05) is 31.2 Å². The number of benzene rings is 1. The fourth-order valence-electron chi connectivity index (χ4n) is 2.97. The van der Waals surface area contributed by atoms with Gasteiger partial charge in [-0.3, -0.25) is 4.21 Å². The highest BCUT2D eigenvalue weighted by atomic mass is 32.2.